The molecule has 0 atom stereocenters. The molecule has 0 amide bonds. The van der Waals surface area contributed by atoms with Gasteiger partial charge in [-0.2, -0.15) is 0 Å². The van der Waals surface area contributed by atoms with E-state index in [4.69, 9.17) is 18.9 Å². The fourth-order valence-electron chi connectivity index (χ4n) is 2.17. The van der Waals surface area contributed by atoms with Crippen LogP contribution in [0.15, 0.2) is 48.6 Å². The summed E-state index contributed by atoms with van der Waals surface area (Å²) in [5, 5.41) is 0. The molecule has 0 saturated heterocycles. The Morgan fingerprint density at radius 2 is 1.12 bits per heavy atom. The molecule has 0 fully saturated rings. The first-order chi connectivity index (χ1) is 12.7. The minimum absolute atomic E-state index is 0.321. The largest absolute Gasteiger partial charge is 0.493 e. The van der Waals surface area contributed by atoms with E-state index in [9.17, 15) is 9.59 Å². The molecule has 0 aliphatic carbocycles. The highest BCUT2D eigenvalue weighted by atomic mass is 16.5. The van der Waals surface area contributed by atoms with Gasteiger partial charge >= 0.3 is 0 Å². The van der Waals surface area contributed by atoms with E-state index in [0.29, 0.717) is 47.3 Å². The zero-order chi connectivity index (χ0) is 18.8. The van der Waals surface area contributed by atoms with Crippen molar-refractivity contribution < 1.29 is 28.5 Å². The molecule has 6 nitrogen and oxygen atoms in total. The van der Waals surface area contributed by atoms with Crippen LogP contribution in [0.2, 0.25) is 0 Å². The summed E-state index contributed by atoms with van der Waals surface area (Å²) in [5.41, 5.74) is 1.04. The quantitative estimate of drug-likeness (QED) is 0.480. The summed E-state index contributed by atoms with van der Waals surface area (Å²) in [7, 11) is 3.04. The van der Waals surface area contributed by atoms with E-state index in [0.717, 1.165) is 12.6 Å². The third-order valence-electron chi connectivity index (χ3n) is 3.48. The summed E-state index contributed by atoms with van der Waals surface area (Å²) in [6.45, 7) is 0.642. The van der Waals surface area contributed by atoms with Crippen molar-refractivity contribution in [3.63, 3.8) is 0 Å². The van der Waals surface area contributed by atoms with Gasteiger partial charge in [0.1, 0.15) is 25.8 Å². The van der Waals surface area contributed by atoms with Gasteiger partial charge in [0.05, 0.1) is 14.2 Å². The van der Waals surface area contributed by atoms with E-state index in [2.05, 4.69) is 0 Å². The summed E-state index contributed by atoms with van der Waals surface area (Å²) in [6, 6.07) is 9.92. The number of hydrogen-bond acceptors (Lipinski definition) is 6. The van der Waals surface area contributed by atoms with Gasteiger partial charge < -0.3 is 18.9 Å². The first-order valence-corrected chi connectivity index (χ1v) is 7.88. The SMILES string of the molecule is COc1cc(C=O)ccc1OC/C=C\COc1ccc(C=O)cc1OC. The number of rotatable bonds is 10. The molecular weight excluding hydrogens is 336 g/mol. The zero-order valence-corrected chi connectivity index (χ0v) is 14.6. The number of methoxy groups -OCH3 is 2. The second-order valence-electron chi connectivity index (χ2n) is 5.15. The lowest BCUT2D eigenvalue weighted by molar-refractivity contribution is 0.111. The van der Waals surface area contributed by atoms with Crippen molar-refractivity contribution in [3.05, 3.63) is 59.7 Å². The molecule has 0 unspecified atom stereocenters. The van der Waals surface area contributed by atoms with Gasteiger partial charge in [0, 0.05) is 11.1 Å². The fraction of sp³-hybridized carbons (Fsp3) is 0.200. The summed E-state index contributed by atoms with van der Waals surface area (Å²) < 4.78 is 21.6. The molecule has 136 valence electrons. The van der Waals surface area contributed by atoms with Crippen molar-refractivity contribution in [2.24, 2.45) is 0 Å². The van der Waals surface area contributed by atoms with E-state index in [1.807, 2.05) is 0 Å². The molecule has 0 spiro atoms. The average molecular weight is 356 g/mol. The van der Waals surface area contributed by atoms with Crippen molar-refractivity contribution in [2.45, 2.75) is 0 Å². The van der Waals surface area contributed by atoms with Crippen molar-refractivity contribution in [2.75, 3.05) is 27.4 Å². The van der Waals surface area contributed by atoms with Gasteiger partial charge in [-0.25, -0.2) is 0 Å². The molecular formula is C20H20O6. The van der Waals surface area contributed by atoms with Crippen LogP contribution in [0, 0.1) is 0 Å². The van der Waals surface area contributed by atoms with Crippen molar-refractivity contribution in [3.8, 4) is 23.0 Å². The number of ether oxygens (including phenoxy) is 4. The summed E-state index contributed by atoms with van der Waals surface area (Å²) >= 11 is 0. The van der Waals surface area contributed by atoms with Crippen LogP contribution in [0.3, 0.4) is 0 Å². The molecule has 0 radical (unpaired) electrons. The van der Waals surface area contributed by atoms with Crippen molar-refractivity contribution in [1.29, 1.82) is 0 Å². The Balaban J connectivity index is 1.85. The average Bonchev–Trinajstić information content (AvgIpc) is 2.70. The standard InChI is InChI=1S/C20H20O6/c1-23-19-11-15(13-21)5-7-17(19)25-9-3-4-10-26-18-8-6-16(14-22)12-20(18)24-2/h3-8,11-14H,9-10H2,1-2H3/b4-3-. The van der Waals surface area contributed by atoms with E-state index >= 15 is 0 Å². The monoisotopic (exact) mass is 356 g/mol. The molecule has 0 aliphatic rings. The minimum atomic E-state index is 0.321. The topological polar surface area (TPSA) is 71.1 Å². The van der Waals surface area contributed by atoms with Crippen molar-refractivity contribution >= 4 is 12.6 Å². The molecule has 2 aromatic rings. The molecule has 0 aromatic heterocycles. The summed E-state index contributed by atoms with van der Waals surface area (Å²) in [6.07, 6.45) is 5.11. The highest BCUT2D eigenvalue weighted by Crippen LogP contribution is 2.28. The van der Waals surface area contributed by atoms with Crippen LogP contribution in [0.1, 0.15) is 20.7 Å². The van der Waals surface area contributed by atoms with Crippen LogP contribution < -0.4 is 18.9 Å². The third kappa shape index (κ3) is 5.11. The zero-order valence-electron chi connectivity index (χ0n) is 14.6. The fourth-order valence-corrected chi connectivity index (χ4v) is 2.17. The molecule has 6 heteroatoms. The maximum Gasteiger partial charge on any atom is 0.161 e. The molecule has 0 N–H and O–H groups in total. The van der Waals surface area contributed by atoms with Gasteiger partial charge in [0.2, 0.25) is 0 Å². The van der Waals surface area contributed by atoms with Gasteiger partial charge in [-0.15, -0.1) is 0 Å². The predicted molar refractivity (Wildman–Crippen MR) is 96.9 cm³/mol. The van der Waals surface area contributed by atoms with E-state index < -0.39 is 0 Å². The molecule has 2 rings (SSSR count). The van der Waals surface area contributed by atoms with Gasteiger partial charge in [-0.1, -0.05) is 0 Å². The second-order valence-corrected chi connectivity index (χ2v) is 5.15. The predicted octanol–water partition coefficient (Wildman–Crippen LogP) is 3.34. The van der Waals surface area contributed by atoms with Crippen LogP contribution in [0.25, 0.3) is 0 Å². The van der Waals surface area contributed by atoms with E-state index in [-0.39, 0.29) is 0 Å². The van der Waals surface area contributed by atoms with E-state index in [1.54, 1.807) is 48.6 Å². The van der Waals surface area contributed by atoms with Gasteiger partial charge in [0.15, 0.2) is 23.0 Å². The number of aldehydes is 2. The lowest BCUT2D eigenvalue weighted by Gasteiger charge is -2.10. The Labute approximate surface area is 151 Å². The lowest BCUT2D eigenvalue weighted by atomic mass is 10.2. The van der Waals surface area contributed by atoms with Gasteiger partial charge in [-0.05, 0) is 48.6 Å². The van der Waals surface area contributed by atoms with Crippen LogP contribution in [-0.2, 0) is 0 Å². The van der Waals surface area contributed by atoms with Crippen LogP contribution >= 0.6 is 0 Å². The number of carbonyl (C=O) groups is 2. The third-order valence-corrected chi connectivity index (χ3v) is 3.48. The van der Waals surface area contributed by atoms with Crippen LogP contribution in [0.4, 0.5) is 0 Å². The molecule has 0 heterocycles. The first kappa shape index (κ1) is 19.1. The Hall–Kier alpha value is -3.28. The normalized spacial score (nSPS) is 10.4. The van der Waals surface area contributed by atoms with Crippen molar-refractivity contribution in [1.82, 2.24) is 0 Å². The number of carbonyl (C=O) groups excluding carboxylic acids is 2. The molecule has 0 saturated carbocycles. The maximum absolute atomic E-state index is 10.8. The number of hydrogen-bond donors (Lipinski definition) is 0. The first-order valence-electron chi connectivity index (χ1n) is 7.88. The Morgan fingerprint density at radius 1 is 0.692 bits per heavy atom. The molecule has 0 aliphatic heterocycles. The Morgan fingerprint density at radius 3 is 1.46 bits per heavy atom. The van der Waals surface area contributed by atoms with Gasteiger partial charge in [-0.3, -0.25) is 9.59 Å². The summed E-state index contributed by atoms with van der Waals surface area (Å²) in [5.74, 6) is 2.10. The van der Waals surface area contributed by atoms with Gasteiger partial charge in [0.25, 0.3) is 0 Å². The minimum Gasteiger partial charge on any atom is -0.493 e. The van der Waals surface area contributed by atoms with E-state index in [1.165, 1.54) is 14.2 Å². The lowest BCUT2D eigenvalue weighted by Crippen LogP contribution is -2.00. The number of benzene rings is 2. The highest BCUT2D eigenvalue weighted by Gasteiger charge is 2.05. The Kier molecular flexibility index (Phi) is 7.24. The second kappa shape index (κ2) is 9.88. The summed E-state index contributed by atoms with van der Waals surface area (Å²) in [4.78, 5) is 21.5. The Bertz CT molecular complexity index is 716. The smallest absolute Gasteiger partial charge is 0.161 e. The molecule has 26 heavy (non-hydrogen) atoms. The molecule has 2 aromatic carbocycles. The molecule has 0 bridgehead atoms. The highest BCUT2D eigenvalue weighted by molar-refractivity contribution is 5.76. The van der Waals surface area contributed by atoms with Crippen LogP contribution in [0.5, 0.6) is 23.0 Å². The maximum atomic E-state index is 10.8. The van der Waals surface area contributed by atoms with Crippen LogP contribution in [-0.4, -0.2) is 40.0 Å².